The molecule has 1 heterocycles. The van der Waals surface area contributed by atoms with Gasteiger partial charge < -0.3 is 19.3 Å². The molecular formula is C18H25ClN2O4. The average molecular weight is 369 g/mol. The van der Waals surface area contributed by atoms with E-state index in [1.807, 2.05) is 20.8 Å². The monoisotopic (exact) mass is 368 g/mol. The third kappa shape index (κ3) is 5.26. The highest BCUT2D eigenvalue weighted by Crippen LogP contribution is 2.28. The van der Waals surface area contributed by atoms with Crippen LogP contribution in [-0.4, -0.2) is 55.3 Å². The van der Waals surface area contributed by atoms with E-state index >= 15 is 0 Å². The summed E-state index contributed by atoms with van der Waals surface area (Å²) in [5.74, 6) is -0.368. The van der Waals surface area contributed by atoms with Crippen molar-refractivity contribution in [2.75, 3.05) is 37.7 Å². The fourth-order valence-corrected chi connectivity index (χ4v) is 2.79. The molecule has 25 heavy (non-hydrogen) atoms. The summed E-state index contributed by atoms with van der Waals surface area (Å²) < 4.78 is 10.4. The molecule has 138 valence electrons. The molecular weight excluding hydrogens is 344 g/mol. The Morgan fingerprint density at radius 1 is 1.16 bits per heavy atom. The summed E-state index contributed by atoms with van der Waals surface area (Å²) in [5.41, 5.74) is 0.734. The van der Waals surface area contributed by atoms with E-state index < -0.39 is 5.60 Å². The Morgan fingerprint density at radius 3 is 2.36 bits per heavy atom. The van der Waals surface area contributed by atoms with Gasteiger partial charge in [0, 0.05) is 26.2 Å². The normalized spacial score (nSPS) is 15.1. The van der Waals surface area contributed by atoms with Gasteiger partial charge in [-0.3, -0.25) is 0 Å². The van der Waals surface area contributed by atoms with E-state index in [2.05, 4.69) is 4.90 Å². The van der Waals surface area contributed by atoms with Crippen LogP contribution in [0.3, 0.4) is 0 Å². The first-order chi connectivity index (χ1) is 11.7. The lowest BCUT2D eigenvalue weighted by Gasteiger charge is -2.37. The van der Waals surface area contributed by atoms with Crippen molar-refractivity contribution >= 4 is 29.4 Å². The average Bonchev–Trinajstić information content (AvgIpc) is 2.54. The summed E-state index contributed by atoms with van der Waals surface area (Å²) in [4.78, 5) is 27.8. The number of nitrogens with zero attached hydrogens (tertiary/aromatic N) is 2. The second-order valence-electron chi connectivity index (χ2n) is 6.84. The fraction of sp³-hybridized carbons (Fsp3) is 0.556. The molecule has 1 saturated heterocycles. The number of ether oxygens (including phenoxy) is 2. The van der Waals surface area contributed by atoms with Crippen LogP contribution in [0.15, 0.2) is 18.2 Å². The van der Waals surface area contributed by atoms with Crippen LogP contribution in [0, 0.1) is 0 Å². The Balaban J connectivity index is 2.04. The van der Waals surface area contributed by atoms with E-state index in [0.29, 0.717) is 43.4 Å². The Labute approximate surface area is 153 Å². The van der Waals surface area contributed by atoms with E-state index in [1.54, 1.807) is 30.0 Å². The van der Waals surface area contributed by atoms with Gasteiger partial charge in [0.1, 0.15) is 5.60 Å². The lowest BCUT2D eigenvalue weighted by Crippen LogP contribution is -2.50. The molecule has 0 N–H and O–H groups in total. The second-order valence-corrected chi connectivity index (χ2v) is 7.25. The predicted molar refractivity (Wildman–Crippen MR) is 97.4 cm³/mol. The van der Waals surface area contributed by atoms with Crippen molar-refractivity contribution in [3.63, 3.8) is 0 Å². The second kappa shape index (κ2) is 7.95. The van der Waals surface area contributed by atoms with Gasteiger partial charge in [-0.25, -0.2) is 9.59 Å². The van der Waals surface area contributed by atoms with Gasteiger partial charge in [-0.1, -0.05) is 11.6 Å². The molecule has 2 rings (SSSR count). The molecule has 6 nitrogen and oxygen atoms in total. The Bertz CT molecular complexity index is 634. The van der Waals surface area contributed by atoms with Crippen molar-refractivity contribution in [2.24, 2.45) is 0 Å². The molecule has 0 atom stereocenters. The highest BCUT2D eigenvalue weighted by molar-refractivity contribution is 6.33. The standard InChI is InChI=1S/C18H25ClN2O4/c1-5-24-16(22)13-6-7-14(19)15(12-13)20-8-10-21(11-9-20)17(23)25-18(2,3)4/h6-7,12H,5,8-11H2,1-4H3. The summed E-state index contributed by atoms with van der Waals surface area (Å²) in [6.45, 7) is 9.95. The number of carbonyl (C=O) groups is 2. The van der Waals surface area contributed by atoms with Crippen LogP contribution in [0.4, 0.5) is 10.5 Å². The van der Waals surface area contributed by atoms with Crippen molar-refractivity contribution in [1.82, 2.24) is 4.90 Å². The van der Waals surface area contributed by atoms with E-state index in [1.165, 1.54) is 0 Å². The zero-order valence-corrected chi connectivity index (χ0v) is 15.9. The first-order valence-electron chi connectivity index (χ1n) is 8.41. The minimum Gasteiger partial charge on any atom is -0.462 e. The maximum Gasteiger partial charge on any atom is 0.410 e. The van der Waals surface area contributed by atoms with Crippen LogP contribution in [0.1, 0.15) is 38.1 Å². The summed E-state index contributed by atoms with van der Waals surface area (Å²) >= 11 is 6.30. The van der Waals surface area contributed by atoms with Crippen molar-refractivity contribution in [3.05, 3.63) is 28.8 Å². The largest absolute Gasteiger partial charge is 0.462 e. The maximum atomic E-state index is 12.1. The lowest BCUT2D eigenvalue weighted by molar-refractivity contribution is 0.0240. The first-order valence-corrected chi connectivity index (χ1v) is 8.78. The van der Waals surface area contributed by atoms with Crippen LogP contribution in [-0.2, 0) is 9.47 Å². The van der Waals surface area contributed by atoms with Crippen LogP contribution in [0.2, 0.25) is 5.02 Å². The van der Waals surface area contributed by atoms with E-state index in [-0.39, 0.29) is 12.1 Å². The molecule has 1 amide bonds. The Kier molecular flexibility index (Phi) is 6.16. The fourth-order valence-electron chi connectivity index (χ4n) is 2.55. The number of halogens is 1. The molecule has 0 spiro atoms. The summed E-state index contributed by atoms with van der Waals surface area (Å²) in [7, 11) is 0. The maximum absolute atomic E-state index is 12.1. The SMILES string of the molecule is CCOC(=O)c1ccc(Cl)c(N2CCN(C(=O)OC(C)(C)C)CC2)c1. The molecule has 1 aliphatic rings. The minimum atomic E-state index is -0.508. The molecule has 1 aliphatic heterocycles. The van der Waals surface area contributed by atoms with Crippen LogP contribution in [0.25, 0.3) is 0 Å². The Hall–Kier alpha value is -1.95. The van der Waals surface area contributed by atoms with Crippen molar-refractivity contribution < 1.29 is 19.1 Å². The van der Waals surface area contributed by atoms with Gasteiger partial charge in [-0.2, -0.15) is 0 Å². The Morgan fingerprint density at radius 2 is 1.80 bits per heavy atom. The number of piperazine rings is 1. The van der Waals surface area contributed by atoms with Crippen LogP contribution in [0.5, 0.6) is 0 Å². The van der Waals surface area contributed by atoms with Gasteiger partial charge in [0.2, 0.25) is 0 Å². The molecule has 0 radical (unpaired) electrons. The minimum absolute atomic E-state index is 0.307. The molecule has 1 aromatic rings. The lowest BCUT2D eigenvalue weighted by atomic mass is 10.1. The topological polar surface area (TPSA) is 59.1 Å². The zero-order chi connectivity index (χ0) is 18.6. The number of carbonyl (C=O) groups excluding carboxylic acids is 2. The van der Waals surface area contributed by atoms with Crippen LogP contribution >= 0.6 is 11.6 Å². The smallest absolute Gasteiger partial charge is 0.410 e. The highest BCUT2D eigenvalue weighted by atomic mass is 35.5. The summed E-state index contributed by atoms with van der Waals surface area (Å²) in [6.07, 6.45) is -0.307. The van der Waals surface area contributed by atoms with E-state index in [4.69, 9.17) is 21.1 Å². The van der Waals surface area contributed by atoms with Gasteiger partial charge in [0.05, 0.1) is 22.9 Å². The van der Waals surface area contributed by atoms with Gasteiger partial charge in [0.25, 0.3) is 0 Å². The van der Waals surface area contributed by atoms with Gasteiger partial charge in [-0.05, 0) is 45.9 Å². The van der Waals surface area contributed by atoms with Crippen molar-refractivity contribution in [3.8, 4) is 0 Å². The first kappa shape index (κ1) is 19.4. The number of rotatable bonds is 3. The number of hydrogen-bond acceptors (Lipinski definition) is 5. The molecule has 0 aliphatic carbocycles. The third-order valence-corrected chi connectivity index (χ3v) is 4.05. The number of anilines is 1. The van der Waals surface area contributed by atoms with Gasteiger partial charge in [-0.15, -0.1) is 0 Å². The molecule has 0 aromatic heterocycles. The summed E-state index contributed by atoms with van der Waals surface area (Å²) in [6, 6.07) is 5.09. The molecule has 0 unspecified atom stereocenters. The van der Waals surface area contributed by atoms with E-state index in [0.717, 1.165) is 5.69 Å². The molecule has 0 saturated carbocycles. The number of amides is 1. The summed E-state index contributed by atoms with van der Waals surface area (Å²) in [5, 5.41) is 0.568. The molecule has 7 heteroatoms. The third-order valence-electron chi connectivity index (χ3n) is 3.73. The van der Waals surface area contributed by atoms with Crippen molar-refractivity contribution in [2.45, 2.75) is 33.3 Å². The predicted octanol–water partition coefficient (Wildman–Crippen LogP) is 3.57. The number of esters is 1. The molecule has 1 fully saturated rings. The number of benzene rings is 1. The zero-order valence-electron chi connectivity index (χ0n) is 15.2. The van der Waals surface area contributed by atoms with E-state index in [9.17, 15) is 9.59 Å². The van der Waals surface area contributed by atoms with Crippen LogP contribution < -0.4 is 4.90 Å². The number of hydrogen-bond donors (Lipinski definition) is 0. The molecule has 1 aromatic carbocycles. The highest BCUT2D eigenvalue weighted by Gasteiger charge is 2.27. The quantitative estimate of drug-likeness (QED) is 0.763. The van der Waals surface area contributed by atoms with Gasteiger partial charge >= 0.3 is 12.1 Å². The molecule has 0 bridgehead atoms. The van der Waals surface area contributed by atoms with Gasteiger partial charge in [0.15, 0.2) is 0 Å². The van der Waals surface area contributed by atoms with Crippen molar-refractivity contribution in [1.29, 1.82) is 0 Å².